The lowest BCUT2D eigenvalue weighted by Crippen LogP contribution is -2.34. The van der Waals surface area contributed by atoms with Gasteiger partial charge < -0.3 is 5.11 Å². The Morgan fingerprint density at radius 3 is 2.42 bits per heavy atom. The van der Waals surface area contributed by atoms with E-state index >= 15 is 0 Å². The first-order valence-corrected chi connectivity index (χ1v) is 7.65. The van der Waals surface area contributed by atoms with Crippen molar-refractivity contribution in [2.75, 3.05) is 0 Å². The molecule has 1 saturated carbocycles. The molecule has 0 bridgehead atoms. The minimum atomic E-state index is -3.86. The van der Waals surface area contributed by atoms with E-state index in [0.717, 1.165) is 12.8 Å². The number of carbonyl (C=O) groups is 1. The zero-order chi connectivity index (χ0) is 14.4. The molecular formula is C11H11Cl2NO4S. The van der Waals surface area contributed by atoms with E-state index in [0.29, 0.717) is 0 Å². The van der Waals surface area contributed by atoms with Crippen LogP contribution < -0.4 is 4.72 Å². The molecule has 0 aromatic heterocycles. The average molecular weight is 324 g/mol. The van der Waals surface area contributed by atoms with Gasteiger partial charge in [0.25, 0.3) is 0 Å². The molecule has 1 aromatic carbocycles. The van der Waals surface area contributed by atoms with Gasteiger partial charge in [-0.05, 0) is 31.9 Å². The summed E-state index contributed by atoms with van der Waals surface area (Å²) in [5.41, 5.74) is -0.877. The lowest BCUT2D eigenvalue weighted by Gasteiger charge is -2.14. The molecule has 2 rings (SSSR count). The Bertz CT molecular complexity index is 653. The molecule has 104 valence electrons. The minimum absolute atomic E-state index is 0.103. The second-order valence-corrected chi connectivity index (χ2v) is 7.14. The van der Waals surface area contributed by atoms with Crippen LogP contribution in [0.15, 0.2) is 17.0 Å². The molecule has 0 saturated heterocycles. The topological polar surface area (TPSA) is 83.5 Å². The fourth-order valence-corrected chi connectivity index (χ4v) is 3.99. The van der Waals surface area contributed by atoms with Gasteiger partial charge in [-0.2, -0.15) is 0 Å². The van der Waals surface area contributed by atoms with Gasteiger partial charge in [0.1, 0.15) is 4.90 Å². The minimum Gasteiger partial charge on any atom is -0.478 e. The largest absolute Gasteiger partial charge is 0.478 e. The smallest absolute Gasteiger partial charge is 0.338 e. The molecule has 8 heteroatoms. The molecule has 1 fully saturated rings. The van der Waals surface area contributed by atoms with Gasteiger partial charge >= 0.3 is 5.97 Å². The maximum Gasteiger partial charge on any atom is 0.338 e. The van der Waals surface area contributed by atoms with Crippen molar-refractivity contribution in [2.45, 2.75) is 30.2 Å². The van der Waals surface area contributed by atoms with Crippen molar-refractivity contribution in [3.8, 4) is 0 Å². The summed E-state index contributed by atoms with van der Waals surface area (Å²) in [6.45, 7) is 1.77. The van der Waals surface area contributed by atoms with E-state index in [-0.39, 0.29) is 14.9 Å². The van der Waals surface area contributed by atoms with Crippen LogP contribution in [-0.2, 0) is 10.0 Å². The molecule has 5 nitrogen and oxygen atoms in total. The summed E-state index contributed by atoms with van der Waals surface area (Å²) in [4.78, 5) is 10.8. The Morgan fingerprint density at radius 2 is 1.95 bits per heavy atom. The van der Waals surface area contributed by atoms with Crippen LogP contribution in [0.4, 0.5) is 0 Å². The predicted octanol–water partition coefficient (Wildman–Crippen LogP) is 2.52. The van der Waals surface area contributed by atoms with E-state index in [1.54, 1.807) is 6.92 Å². The molecule has 19 heavy (non-hydrogen) atoms. The standard InChI is InChI=1S/C11H11Cl2NO4S/c1-11(4-5-11)14-19(17,18)7-3-2-6(12)8(9(7)13)10(15)16/h2-3,14H,4-5H2,1H3,(H,15,16). The number of nitrogens with one attached hydrogen (secondary N) is 1. The number of carboxylic acids is 1. The summed E-state index contributed by atoms with van der Waals surface area (Å²) in [6, 6.07) is 2.41. The zero-order valence-corrected chi connectivity index (χ0v) is 12.2. The summed E-state index contributed by atoms with van der Waals surface area (Å²) in [5, 5.41) is 8.52. The van der Waals surface area contributed by atoms with Crippen LogP contribution in [0.3, 0.4) is 0 Å². The molecule has 0 unspecified atom stereocenters. The van der Waals surface area contributed by atoms with Crippen molar-refractivity contribution in [2.24, 2.45) is 0 Å². The highest BCUT2D eigenvalue weighted by Gasteiger charge is 2.42. The Labute approximate surface area is 120 Å². The maximum absolute atomic E-state index is 12.2. The molecule has 0 heterocycles. The number of sulfonamides is 1. The summed E-state index contributed by atoms with van der Waals surface area (Å²) in [5.74, 6) is -1.37. The van der Waals surface area contributed by atoms with E-state index in [1.165, 1.54) is 12.1 Å². The molecular weight excluding hydrogens is 313 g/mol. The molecule has 1 aliphatic rings. The lowest BCUT2D eigenvalue weighted by atomic mass is 10.2. The molecule has 0 spiro atoms. The van der Waals surface area contributed by atoms with Crippen molar-refractivity contribution in [1.82, 2.24) is 4.72 Å². The quantitative estimate of drug-likeness (QED) is 0.891. The summed E-state index contributed by atoms with van der Waals surface area (Å²) >= 11 is 11.6. The summed E-state index contributed by atoms with van der Waals surface area (Å²) < 4.78 is 26.8. The number of halogens is 2. The molecule has 1 aliphatic carbocycles. The van der Waals surface area contributed by atoms with E-state index in [1.807, 2.05) is 0 Å². The van der Waals surface area contributed by atoms with Gasteiger partial charge in [-0.15, -0.1) is 0 Å². The lowest BCUT2D eigenvalue weighted by molar-refractivity contribution is 0.0697. The van der Waals surface area contributed by atoms with Crippen LogP contribution in [0, 0.1) is 0 Å². The number of benzene rings is 1. The number of rotatable bonds is 4. The zero-order valence-electron chi connectivity index (χ0n) is 9.91. The van der Waals surface area contributed by atoms with Crippen LogP contribution in [0.5, 0.6) is 0 Å². The SMILES string of the molecule is CC1(NS(=O)(=O)c2ccc(Cl)c(C(=O)O)c2Cl)CC1. The fourth-order valence-electron chi connectivity index (χ4n) is 1.61. The van der Waals surface area contributed by atoms with E-state index in [4.69, 9.17) is 28.3 Å². The highest BCUT2D eigenvalue weighted by Crippen LogP contribution is 2.38. The number of hydrogen-bond acceptors (Lipinski definition) is 3. The van der Waals surface area contributed by atoms with Crippen molar-refractivity contribution in [3.63, 3.8) is 0 Å². The average Bonchev–Trinajstić information content (AvgIpc) is 2.93. The van der Waals surface area contributed by atoms with Gasteiger partial charge in [-0.1, -0.05) is 23.2 Å². The molecule has 0 amide bonds. The van der Waals surface area contributed by atoms with Crippen molar-refractivity contribution in [1.29, 1.82) is 0 Å². The Hall–Kier alpha value is -0.820. The van der Waals surface area contributed by atoms with E-state index < -0.39 is 27.1 Å². The number of hydrogen-bond donors (Lipinski definition) is 2. The first-order chi connectivity index (χ1) is 8.66. The maximum atomic E-state index is 12.2. The second kappa shape index (κ2) is 4.63. The molecule has 0 atom stereocenters. The normalized spacial score (nSPS) is 17.2. The third-order valence-electron chi connectivity index (χ3n) is 2.94. The van der Waals surface area contributed by atoms with Crippen LogP contribution in [0.2, 0.25) is 10.0 Å². The summed E-state index contributed by atoms with van der Waals surface area (Å²) in [7, 11) is -3.86. The molecule has 0 aliphatic heterocycles. The van der Waals surface area contributed by atoms with Crippen LogP contribution >= 0.6 is 23.2 Å². The Balaban J connectivity index is 2.51. The van der Waals surface area contributed by atoms with Gasteiger partial charge in [-0.3, -0.25) is 0 Å². The van der Waals surface area contributed by atoms with Gasteiger partial charge in [0.2, 0.25) is 10.0 Å². The highest BCUT2D eigenvalue weighted by atomic mass is 35.5. The number of carboxylic acid groups (broad SMARTS) is 1. The predicted molar refractivity (Wildman–Crippen MR) is 71.4 cm³/mol. The van der Waals surface area contributed by atoms with Crippen LogP contribution in [-0.4, -0.2) is 25.0 Å². The van der Waals surface area contributed by atoms with Gasteiger partial charge in [0.05, 0.1) is 15.6 Å². The van der Waals surface area contributed by atoms with Crippen molar-refractivity contribution < 1.29 is 18.3 Å². The van der Waals surface area contributed by atoms with Gasteiger partial charge in [0, 0.05) is 5.54 Å². The van der Waals surface area contributed by atoms with Crippen molar-refractivity contribution >= 4 is 39.2 Å². The molecule has 0 radical (unpaired) electrons. The van der Waals surface area contributed by atoms with Crippen molar-refractivity contribution in [3.05, 3.63) is 27.7 Å². The monoisotopic (exact) mass is 323 g/mol. The molecule has 2 N–H and O–H groups in total. The second-order valence-electron chi connectivity index (χ2n) is 4.71. The first kappa shape index (κ1) is 14.6. The Morgan fingerprint density at radius 1 is 1.37 bits per heavy atom. The first-order valence-electron chi connectivity index (χ1n) is 5.42. The van der Waals surface area contributed by atoms with Gasteiger partial charge in [-0.25, -0.2) is 17.9 Å². The fraction of sp³-hybridized carbons (Fsp3) is 0.364. The van der Waals surface area contributed by atoms with Crippen LogP contribution in [0.25, 0.3) is 0 Å². The Kier molecular flexibility index (Phi) is 3.55. The van der Waals surface area contributed by atoms with Crippen LogP contribution in [0.1, 0.15) is 30.1 Å². The van der Waals surface area contributed by atoms with E-state index in [9.17, 15) is 13.2 Å². The highest BCUT2D eigenvalue weighted by molar-refractivity contribution is 7.89. The summed E-state index contributed by atoms with van der Waals surface area (Å²) in [6.07, 6.45) is 1.48. The number of aromatic carboxylic acids is 1. The molecule has 1 aromatic rings. The third-order valence-corrected chi connectivity index (χ3v) is 5.44. The third kappa shape index (κ3) is 2.86. The van der Waals surface area contributed by atoms with Gasteiger partial charge in [0.15, 0.2) is 0 Å². The van der Waals surface area contributed by atoms with E-state index in [2.05, 4.69) is 4.72 Å².